The maximum absolute atomic E-state index is 13.9. The van der Waals surface area contributed by atoms with Crippen molar-refractivity contribution in [2.45, 2.75) is 63.8 Å². The number of aromatic amines is 1. The van der Waals surface area contributed by atoms with Crippen LogP contribution in [-0.4, -0.2) is 62.2 Å². The zero-order valence-corrected chi connectivity index (χ0v) is 20.4. The zero-order chi connectivity index (χ0) is 31.0. The first-order valence-corrected chi connectivity index (χ1v) is 12.3. The van der Waals surface area contributed by atoms with Crippen molar-refractivity contribution in [3.8, 4) is 5.75 Å². The molecule has 0 aliphatic carbocycles. The first kappa shape index (κ1) is 21.3. The lowest BCUT2D eigenvalue weighted by Gasteiger charge is -2.27. The second kappa shape index (κ2) is 11.1. The van der Waals surface area contributed by atoms with Crippen LogP contribution in [0.3, 0.4) is 0 Å². The Morgan fingerprint density at radius 3 is 2.64 bits per heavy atom. The molecule has 0 unspecified atom stereocenters. The van der Waals surface area contributed by atoms with Crippen LogP contribution in [0.2, 0.25) is 0 Å². The van der Waals surface area contributed by atoms with Crippen molar-refractivity contribution < 1.29 is 44.9 Å². The van der Waals surface area contributed by atoms with E-state index >= 15 is 0 Å². The summed E-state index contributed by atoms with van der Waals surface area (Å²) >= 11 is 0. The lowest BCUT2D eigenvalue weighted by atomic mass is 9.96. The van der Waals surface area contributed by atoms with Crippen LogP contribution >= 0.6 is 7.75 Å². The van der Waals surface area contributed by atoms with E-state index in [9.17, 15) is 29.2 Å². The lowest BCUT2D eigenvalue weighted by molar-refractivity contribution is -0.149. The quantitative estimate of drug-likeness (QED) is 0.250. The number of H-pyrrole nitrogens is 1. The van der Waals surface area contributed by atoms with Crippen LogP contribution in [0.5, 0.6) is 5.75 Å². The minimum atomic E-state index is -4.94. The van der Waals surface area contributed by atoms with Gasteiger partial charge < -0.3 is 24.2 Å². The third-order valence-corrected chi connectivity index (χ3v) is 6.31. The molecule has 2 aromatic rings. The predicted octanol–water partition coefficient (Wildman–Crippen LogP) is 0.679. The molecular formula is C22H30N3O10P. The zero-order valence-electron chi connectivity index (χ0n) is 24.5. The number of esters is 1. The SMILES string of the molecule is [2H]C([2H])(O[P@@](=O)(N[C@@H](C)C(=O)OC(C)C)Oc1ccccc1)[C@H]1O[C@@H](n2ccc(=O)[nH]c2=O)[C@@](O)(C([2H])([2H])[2H])[C@@H]1O. The fourth-order valence-electron chi connectivity index (χ4n) is 3.11. The molecule has 0 bridgehead atoms. The van der Waals surface area contributed by atoms with Gasteiger partial charge in [0.15, 0.2) is 6.23 Å². The third kappa shape index (κ3) is 6.49. The first-order valence-electron chi connectivity index (χ1n) is 13.2. The summed E-state index contributed by atoms with van der Waals surface area (Å²) in [4.78, 5) is 38.1. The van der Waals surface area contributed by atoms with E-state index < -0.39 is 74.6 Å². The van der Waals surface area contributed by atoms with Gasteiger partial charge in [-0.25, -0.2) is 9.36 Å². The number of benzene rings is 1. The van der Waals surface area contributed by atoms with Crippen LogP contribution < -0.4 is 20.9 Å². The molecule has 0 spiro atoms. The summed E-state index contributed by atoms with van der Waals surface area (Å²) in [7, 11) is -4.94. The summed E-state index contributed by atoms with van der Waals surface area (Å²) in [5, 5.41) is 24.4. The van der Waals surface area contributed by atoms with E-state index in [0.29, 0.717) is 4.57 Å². The van der Waals surface area contributed by atoms with E-state index in [1.165, 1.54) is 31.2 Å². The Morgan fingerprint density at radius 2 is 2.03 bits per heavy atom. The highest BCUT2D eigenvalue weighted by molar-refractivity contribution is 7.52. The van der Waals surface area contributed by atoms with E-state index in [4.69, 9.17) is 25.4 Å². The third-order valence-electron chi connectivity index (χ3n) is 4.81. The summed E-state index contributed by atoms with van der Waals surface area (Å²) in [6.45, 7) is -2.55. The molecule has 1 saturated heterocycles. The van der Waals surface area contributed by atoms with Crippen molar-refractivity contribution >= 4 is 13.7 Å². The maximum Gasteiger partial charge on any atom is 0.459 e. The molecule has 1 aliphatic heterocycles. The molecule has 198 valence electrons. The Hall–Kier alpha value is -2.80. The van der Waals surface area contributed by atoms with Gasteiger partial charge >= 0.3 is 19.4 Å². The average molecular weight is 532 g/mol. The normalized spacial score (nSPS) is 29.2. The van der Waals surface area contributed by atoms with E-state index in [0.717, 1.165) is 12.3 Å². The van der Waals surface area contributed by atoms with Gasteiger partial charge in [-0.3, -0.25) is 23.7 Å². The highest BCUT2D eigenvalue weighted by atomic mass is 31.2. The summed E-state index contributed by atoms with van der Waals surface area (Å²) in [6.07, 6.45) is -7.09. The van der Waals surface area contributed by atoms with Gasteiger partial charge in [-0.15, -0.1) is 0 Å². The van der Waals surface area contributed by atoms with E-state index in [2.05, 4.69) is 5.09 Å². The van der Waals surface area contributed by atoms with Gasteiger partial charge in [-0.2, -0.15) is 5.09 Å². The summed E-state index contributed by atoms with van der Waals surface area (Å²) in [5.41, 5.74) is -5.44. The molecule has 13 nitrogen and oxygen atoms in total. The minimum absolute atomic E-state index is 0.0897. The molecule has 3 rings (SSSR count). The van der Waals surface area contributed by atoms with Gasteiger partial charge in [0, 0.05) is 16.4 Å². The number of hydrogen-bond acceptors (Lipinski definition) is 10. The van der Waals surface area contributed by atoms with E-state index in [1.54, 1.807) is 19.9 Å². The number of carbonyl (C=O) groups excluding carboxylic acids is 1. The molecular weight excluding hydrogens is 497 g/mol. The van der Waals surface area contributed by atoms with Crippen LogP contribution in [0.25, 0.3) is 0 Å². The fraction of sp³-hybridized carbons (Fsp3) is 0.500. The van der Waals surface area contributed by atoms with Crippen molar-refractivity contribution in [3.05, 3.63) is 63.4 Å². The van der Waals surface area contributed by atoms with Crippen molar-refractivity contribution in [1.29, 1.82) is 0 Å². The van der Waals surface area contributed by atoms with Crippen LogP contribution in [0.15, 0.2) is 52.2 Å². The van der Waals surface area contributed by atoms with E-state index in [-0.39, 0.29) is 5.75 Å². The number of carbonyl (C=O) groups is 1. The Kier molecular flexibility index (Phi) is 6.55. The number of hydrogen-bond donors (Lipinski definition) is 4. The number of aliphatic hydroxyl groups is 2. The number of aliphatic hydroxyl groups excluding tert-OH is 1. The molecule has 14 heteroatoms. The number of rotatable bonds is 10. The van der Waals surface area contributed by atoms with Crippen LogP contribution in [0, 0.1) is 0 Å². The van der Waals surface area contributed by atoms with Crippen molar-refractivity contribution in [1.82, 2.24) is 14.6 Å². The van der Waals surface area contributed by atoms with Gasteiger partial charge in [0.05, 0.1) is 15.4 Å². The molecule has 1 aliphatic rings. The summed E-state index contributed by atoms with van der Waals surface area (Å²) in [5.74, 6) is -0.986. The number of nitrogens with one attached hydrogen (secondary N) is 2. The summed E-state index contributed by atoms with van der Waals surface area (Å²) in [6, 6.07) is 6.71. The van der Waals surface area contributed by atoms with Gasteiger partial charge in [0.25, 0.3) is 5.56 Å². The molecule has 0 saturated carbocycles. The smallest absolute Gasteiger partial charge is 0.459 e. The molecule has 4 N–H and O–H groups in total. The predicted molar refractivity (Wildman–Crippen MR) is 126 cm³/mol. The maximum atomic E-state index is 13.9. The molecule has 0 amide bonds. The average Bonchev–Trinajstić information content (AvgIpc) is 3.11. The summed E-state index contributed by atoms with van der Waals surface area (Å²) < 4.78 is 75.7. The second-order valence-electron chi connectivity index (χ2n) is 8.14. The minimum Gasteiger partial charge on any atom is -0.462 e. The number of ether oxygens (including phenoxy) is 2. The largest absolute Gasteiger partial charge is 0.462 e. The van der Waals surface area contributed by atoms with Crippen molar-refractivity contribution in [2.24, 2.45) is 0 Å². The van der Waals surface area contributed by atoms with Gasteiger partial charge in [-0.1, -0.05) is 18.2 Å². The first-order chi connectivity index (χ1) is 18.8. The van der Waals surface area contributed by atoms with Crippen LogP contribution in [-0.2, 0) is 23.4 Å². The Balaban J connectivity index is 2.02. The standard InChI is InChI=1S/C22H30N3O10P/c1-13(2)33-19(28)14(3)24-36(31,35-15-8-6-5-7-9-15)32-12-16-18(27)22(4,30)20(34-16)25-11-10-17(26)23-21(25)29/h5-11,13-14,16,18,20,27,30H,12H2,1-4H3,(H,24,31)(H,23,26,29)/t14-,16+,18+,20+,22+,36-/m0/s1/i4D3,12D2. The molecule has 1 fully saturated rings. The number of aromatic nitrogens is 2. The molecule has 1 aromatic heterocycles. The topological polar surface area (TPSA) is 178 Å². The Bertz CT molecular complexity index is 1400. The molecule has 0 radical (unpaired) electrons. The van der Waals surface area contributed by atoms with E-state index in [1.807, 2.05) is 4.98 Å². The number of nitrogens with zero attached hydrogens (tertiary/aromatic N) is 1. The van der Waals surface area contributed by atoms with Gasteiger partial charge in [0.2, 0.25) is 0 Å². The van der Waals surface area contributed by atoms with Crippen molar-refractivity contribution in [3.63, 3.8) is 0 Å². The number of para-hydroxylation sites is 1. The molecule has 2 heterocycles. The monoisotopic (exact) mass is 532 g/mol. The Morgan fingerprint density at radius 1 is 1.33 bits per heavy atom. The lowest BCUT2D eigenvalue weighted by Crippen LogP contribution is -2.47. The Labute approximate surface area is 213 Å². The van der Waals surface area contributed by atoms with Gasteiger partial charge in [-0.05, 0) is 39.8 Å². The van der Waals surface area contributed by atoms with Crippen LogP contribution in [0.1, 0.15) is 40.7 Å². The highest BCUT2D eigenvalue weighted by Crippen LogP contribution is 2.46. The van der Waals surface area contributed by atoms with Crippen molar-refractivity contribution in [2.75, 3.05) is 6.56 Å². The molecule has 1 aromatic carbocycles. The fourth-order valence-corrected chi connectivity index (χ4v) is 4.48. The van der Waals surface area contributed by atoms with Gasteiger partial charge in [0.1, 0.15) is 29.6 Å². The molecule has 6 atom stereocenters. The second-order valence-corrected chi connectivity index (χ2v) is 9.76. The molecule has 36 heavy (non-hydrogen) atoms. The highest BCUT2D eigenvalue weighted by Gasteiger charge is 2.54. The van der Waals surface area contributed by atoms with Crippen LogP contribution in [0.4, 0.5) is 0 Å².